The first-order valence-corrected chi connectivity index (χ1v) is 7.79. The van der Waals surface area contributed by atoms with E-state index in [1.54, 1.807) is 0 Å². The number of rotatable bonds is 4. The Hall–Kier alpha value is -0.120. The molecule has 106 valence electrons. The van der Waals surface area contributed by atoms with E-state index < -0.39 is 5.60 Å². The molecule has 0 aromatic heterocycles. The van der Waals surface area contributed by atoms with Crippen LogP contribution in [-0.4, -0.2) is 47.8 Å². The van der Waals surface area contributed by atoms with Crippen LogP contribution in [0.1, 0.15) is 52.4 Å². The van der Waals surface area contributed by atoms with Crippen molar-refractivity contribution in [3.05, 3.63) is 0 Å². The van der Waals surface area contributed by atoms with Crippen LogP contribution in [0.15, 0.2) is 0 Å². The molecule has 2 fully saturated rings. The van der Waals surface area contributed by atoms with E-state index in [1.807, 2.05) is 6.92 Å². The van der Waals surface area contributed by atoms with Gasteiger partial charge in [-0.3, -0.25) is 0 Å². The fourth-order valence-electron chi connectivity index (χ4n) is 3.51. The summed E-state index contributed by atoms with van der Waals surface area (Å²) in [6.07, 6.45) is 7.40. The third-order valence-electron chi connectivity index (χ3n) is 4.80. The average molecular weight is 254 g/mol. The summed E-state index contributed by atoms with van der Waals surface area (Å²) in [7, 11) is 0. The summed E-state index contributed by atoms with van der Waals surface area (Å²) in [5.74, 6) is 0.821. The number of piperidine rings is 1. The van der Waals surface area contributed by atoms with Crippen LogP contribution >= 0.6 is 0 Å². The van der Waals surface area contributed by atoms with E-state index in [9.17, 15) is 5.11 Å². The first-order chi connectivity index (χ1) is 8.61. The Kier molecular flexibility index (Phi) is 5.05. The van der Waals surface area contributed by atoms with Gasteiger partial charge in [-0.25, -0.2) is 0 Å². The molecule has 1 aliphatic carbocycles. The summed E-state index contributed by atoms with van der Waals surface area (Å²) in [4.78, 5) is 2.57. The predicted octanol–water partition coefficient (Wildman–Crippen LogP) is 2.00. The Morgan fingerprint density at radius 2 is 1.89 bits per heavy atom. The minimum absolute atomic E-state index is 0.413. The summed E-state index contributed by atoms with van der Waals surface area (Å²) in [6, 6.07) is 0.728. The second kappa shape index (κ2) is 6.36. The summed E-state index contributed by atoms with van der Waals surface area (Å²) < 4.78 is 0. The van der Waals surface area contributed by atoms with Gasteiger partial charge in [0.2, 0.25) is 0 Å². The van der Waals surface area contributed by atoms with Gasteiger partial charge in [0.05, 0.1) is 5.60 Å². The zero-order valence-electron chi connectivity index (χ0n) is 12.1. The number of nitrogens with zero attached hydrogens (tertiary/aromatic N) is 1. The maximum absolute atomic E-state index is 10.00. The highest BCUT2D eigenvalue weighted by molar-refractivity contribution is 4.86. The number of hydrogen-bond acceptors (Lipinski definition) is 3. The average Bonchev–Trinajstić information content (AvgIpc) is 2.35. The molecule has 2 unspecified atom stereocenters. The van der Waals surface area contributed by atoms with Gasteiger partial charge >= 0.3 is 0 Å². The molecule has 0 aromatic rings. The largest absolute Gasteiger partial charge is 0.390 e. The van der Waals surface area contributed by atoms with Crippen LogP contribution in [0.5, 0.6) is 0 Å². The molecule has 0 bridgehead atoms. The first kappa shape index (κ1) is 14.3. The minimum Gasteiger partial charge on any atom is -0.390 e. The van der Waals surface area contributed by atoms with Crippen molar-refractivity contribution in [1.82, 2.24) is 10.2 Å². The fraction of sp³-hybridized carbons (Fsp3) is 1.00. The minimum atomic E-state index is -0.413. The molecule has 0 radical (unpaired) electrons. The van der Waals surface area contributed by atoms with Gasteiger partial charge in [0.1, 0.15) is 0 Å². The predicted molar refractivity (Wildman–Crippen MR) is 75.7 cm³/mol. The lowest BCUT2D eigenvalue weighted by atomic mass is 9.83. The third-order valence-corrected chi connectivity index (χ3v) is 4.80. The summed E-state index contributed by atoms with van der Waals surface area (Å²) in [6.45, 7) is 8.66. The van der Waals surface area contributed by atoms with E-state index in [0.29, 0.717) is 0 Å². The number of likely N-dealkylation sites (tertiary alicyclic amines) is 1. The highest BCUT2D eigenvalue weighted by Crippen LogP contribution is 2.28. The molecule has 3 nitrogen and oxygen atoms in total. The molecule has 2 N–H and O–H groups in total. The number of aliphatic hydroxyl groups is 1. The van der Waals surface area contributed by atoms with Crippen molar-refractivity contribution in [2.24, 2.45) is 5.92 Å². The fourth-order valence-corrected chi connectivity index (χ4v) is 3.51. The summed E-state index contributed by atoms with van der Waals surface area (Å²) in [5.41, 5.74) is -0.413. The Morgan fingerprint density at radius 1 is 1.22 bits per heavy atom. The molecule has 3 heteroatoms. The van der Waals surface area contributed by atoms with E-state index in [-0.39, 0.29) is 0 Å². The van der Waals surface area contributed by atoms with Gasteiger partial charge in [0.15, 0.2) is 0 Å². The molecule has 0 aromatic carbocycles. The Labute approximate surface area is 112 Å². The number of nitrogens with one attached hydrogen (secondary N) is 1. The second-order valence-electron chi connectivity index (χ2n) is 6.51. The SMILES string of the molecule is CCNC1CCCCC1CN1CCC(C)(O)CC1. The topological polar surface area (TPSA) is 35.5 Å². The van der Waals surface area contributed by atoms with E-state index >= 15 is 0 Å². The van der Waals surface area contributed by atoms with Crippen molar-refractivity contribution in [2.45, 2.75) is 64.0 Å². The van der Waals surface area contributed by atoms with E-state index in [1.165, 1.54) is 32.2 Å². The maximum Gasteiger partial charge on any atom is 0.0644 e. The highest BCUT2D eigenvalue weighted by Gasteiger charge is 2.31. The van der Waals surface area contributed by atoms with Gasteiger partial charge in [-0.05, 0) is 45.1 Å². The van der Waals surface area contributed by atoms with Crippen molar-refractivity contribution >= 4 is 0 Å². The molecule has 1 aliphatic heterocycles. The van der Waals surface area contributed by atoms with Crippen LogP contribution in [0.2, 0.25) is 0 Å². The van der Waals surface area contributed by atoms with Crippen molar-refractivity contribution < 1.29 is 5.11 Å². The molecule has 2 rings (SSSR count). The van der Waals surface area contributed by atoms with E-state index in [0.717, 1.165) is 44.4 Å². The Bertz CT molecular complexity index is 243. The van der Waals surface area contributed by atoms with Gasteiger partial charge in [0, 0.05) is 25.7 Å². The van der Waals surface area contributed by atoms with Crippen LogP contribution in [0.4, 0.5) is 0 Å². The lowest BCUT2D eigenvalue weighted by Gasteiger charge is -2.40. The number of hydrogen-bond donors (Lipinski definition) is 2. The molecule has 18 heavy (non-hydrogen) atoms. The molecule has 1 saturated carbocycles. The molecular formula is C15H30N2O. The monoisotopic (exact) mass is 254 g/mol. The summed E-state index contributed by atoms with van der Waals surface area (Å²) >= 11 is 0. The van der Waals surface area contributed by atoms with Gasteiger partial charge < -0.3 is 15.3 Å². The third kappa shape index (κ3) is 3.94. The van der Waals surface area contributed by atoms with Crippen LogP contribution < -0.4 is 5.32 Å². The zero-order valence-corrected chi connectivity index (χ0v) is 12.1. The molecule has 2 aliphatic rings. The van der Waals surface area contributed by atoms with Gasteiger partial charge in [-0.1, -0.05) is 19.8 Å². The summed E-state index contributed by atoms with van der Waals surface area (Å²) in [5, 5.41) is 13.7. The Morgan fingerprint density at radius 3 is 2.56 bits per heavy atom. The van der Waals surface area contributed by atoms with Gasteiger partial charge in [0.25, 0.3) is 0 Å². The molecule has 0 amide bonds. The standard InChI is InChI=1S/C15H30N2O/c1-3-16-14-7-5-4-6-13(14)12-17-10-8-15(2,18)9-11-17/h13-14,16,18H,3-12H2,1-2H3. The smallest absolute Gasteiger partial charge is 0.0644 e. The molecule has 1 saturated heterocycles. The van der Waals surface area contributed by atoms with Gasteiger partial charge in [-0.15, -0.1) is 0 Å². The van der Waals surface area contributed by atoms with Crippen LogP contribution in [0.3, 0.4) is 0 Å². The van der Waals surface area contributed by atoms with Crippen molar-refractivity contribution in [2.75, 3.05) is 26.2 Å². The Balaban J connectivity index is 1.80. The van der Waals surface area contributed by atoms with Crippen LogP contribution in [0, 0.1) is 5.92 Å². The highest BCUT2D eigenvalue weighted by atomic mass is 16.3. The maximum atomic E-state index is 10.00. The molecular weight excluding hydrogens is 224 g/mol. The van der Waals surface area contributed by atoms with Crippen molar-refractivity contribution in [1.29, 1.82) is 0 Å². The molecule has 0 spiro atoms. The zero-order chi connectivity index (χ0) is 13.0. The van der Waals surface area contributed by atoms with E-state index in [2.05, 4.69) is 17.1 Å². The van der Waals surface area contributed by atoms with E-state index in [4.69, 9.17) is 0 Å². The second-order valence-corrected chi connectivity index (χ2v) is 6.51. The lowest BCUT2D eigenvalue weighted by Crippen LogP contribution is -2.48. The van der Waals surface area contributed by atoms with Crippen molar-refractivity contribution in [3.63, 3.8) is 0 Å². The normalized spacial score (nSPS) is 33.5. The van der Waals surface area contributed by atoms with Gasteiger partial charge in [-0.2, -0.15) is 0 Å². The van der Waals surface area contributed by atoms with Crippen molar-refractivity contribution in [3.8, 4) is 0 Å². The van der Waals surface area contributed by atoms with Crippen LogP contribution in [0.25, 0.3) is 0 Å². The van der Waals surface area contributed by atoms with Crippen LogP contribution in [-0.2, 0) is 0 Å². The molecule has 2 atom stereocenters. The lowest BCUT2D eigenvalue weighted by molar-refractivity contribution is -0.0114. The first-order valence-electron chi connectivity index (χ1n) is 7.79. The molecule has 1 heterocycles. The quantitative estimate of drug-likeness (QED) is 0.805.